The SMILES string of the molecule is Cc1c(Cl)cccc1NC(=O)CN1CC(=O)Oc2ccc(Cl)cc21. The van der Waals surface area contributed by atoms with E-state index >= 15 is 0 Å². The number of esters is 1. The number of rotatable bonds is 3. The summed E-state index contributed by atoms with van der Waals surface area (Å²) in [4.78, 5) is 25.7. The average molecular weight is 365 g/mol. The minimum atomic E-state index is -0.420. The third kappa shape index (κ3) is 3.47. The third-order valence-electron chi connectivity index (χ3n) is 3.68. The highest BCUT2D eigenvalue weighted by atomic mass is 35.5. The first-order valence-corrected chi connectivity index (χ1v) is 8.00. The lowest BCUT2D eigenvalue weighted by atomic mass is 10.2. The molecule has 3 rings (SSSR count). The number of hydrogen-bond acceptors (Lipinski definition) is 4. The maximum atomic E-state index is 12.4. The van der Waals surface area contributed by atoms with Gasteiger partial charge in [-0.15, -0.1) is 0 Å². The number of hydrogen-bond donors (Lipinski definition) is 1. The van der Waals surface area contributed by atoms with Gasteiger partial charge in [0.1, 0.15) is 6.54 Å². The van der Waals surface area contributed by atoms with Gasteiger partial charge in [0.05, 0.1) is 12.2 Å². The van der Waals surface area contributed by atoms with Crippen LogP contribution in [0, 0.1) is 6.92 Å². The monoisotopic (exact) mass is 364 g/mol. The van der Waals surface area contributed by atoms with Crippen LogP contribution in [0.2, 0.25) is 10.0 Å². The molecule has 124 valence electrons. The Morgan fingerprint density at radius 3 is 2.88 bits per heavy atom. The molecule has 7 heteroatoms. The average Bonchev–Trinajstić information content (AvgIpc) is 2.52. The van der Waals surface area contributed by atoms with E-state index < -0.39 is 5.97 Å². The van der Waals surface area contributed by atoms with Gasteiger partial charge in [-0.1, -0.05) is 29.3 Å². The number of amides is 1. The molecule has 1 N–H and O–H groups in total. The van der Waals surface area contributed by atoms with Crippen LogP contribution in [0.15, 0.2) is 36.4 Å². The molecule has 0 saturated carbocycles. The van der Waals surface area contributed by atoms with Crippen LogP contribution in [0.1, 0.15) is 5.56 Å². The van der Waals surface area contributed by atoms with E-state index in [0.717, 1.165) is 5.56 Å². The van der Waals surface area contributed by atoms with Crippen molar-refractivity contribution in [2.75, 3.05) is 23.3 Å². The van der Waals surface area contributed by atoms with Crippen molar-refractivity contribution in [2.24, 2.45) is 0 Å². The number of benzene rings is 2. The van der Waals surface area contributed by atoms with Crippen molar-refractivity contribution < 1.29 is 14.3 Å². The molecule has 0 aromatic heterocycles. The molecule has 0 radical (unpaired) electrons. The maximum Gasteiger partial charge on any atom is 0.331 e. The van der Waals surface area contributed by atoms with Crippen molar-refractivity contribution >= 4 is 46.5 Å². The maximum absolute atomic E-state index is 12.4. The van der Waals surface area contributed by atoms with Crippen LogP contribution < -0.4 is 15.0 Å². The number of halogens is 2. The number of nitrogens with one attached hydrogen (secondary N) is 1. The highest BCUT2D eigenvalue weighted by Crippen LogP contribution is 2.34. The van der Waals surface area contributed by atoms with Gasteiger partial charge >= 0.3 is 5.97 Å². The van der Waals surface area contributed by atoms with Crippen molar-refractivity contribution in [3.05, 3.63) is 52.0 Å². The first-order chi connectivity index (χ1) is 11.4. The highest BCUT2D eigenvalue weighted by molar-refractivity contribution is 6.32. The Morgan fingerprint density at radius 2 is 2.08 bits per heavy atom. The molecule has 2 aromatic carbocycles. The van der Waals surface area contributed by atoms with E-state index in [9.17, 15) is 9.59 Å². The molecular formula is C17H14Cl2N2O3. The Hall–Kier alpha value is -2.24. The molecule has 0 spiro atoms. The second-order valence-corrected chi connectivity index (χ2v) is 6.25. The fourth-order valence-electron chi connectivity index (χ4n) is 2.47. The van der Waals surface area contributed by atoms with Crippen LogP contribution in [0.3, 0.4) is 0 Å². The summed E-state index contributed by atoms with van der Waals surface area (Å²) in [5.74, 6) is -0.292. The summed E-state index contributed by atoms with van der Waals surface area (Å²) in [5, 5.41) is 3.89. The van der Waals surface area contributed by atoms with Gasteiger partial charge in [-0.3, -0.25) is 4.79 Å². The number of anilines is 2. The molecule has 0 bridgehead atoms. The van der Waals surface area contributed by atoms with Crippen LogP contribution in [0.4, 0.5) is 11.4 Å². The second kappa shape index (κ2) is 6.71. The molecule has 2 aromatic rings. The Bertz CT molecular complexity index is 823. The van der Waals surface area contributed by atoms with Crippen LogP contribution in [-0.2, 0) is 9.59 Å². The minimum Gasteiger partial charge on any atom is -0.423 e. The van der Waals surface area contributed by atoms with Gasteiger partial charge in [-0.05, 0) is 42.8 Å². The summed E-state index contributed by atoms with van der Waals surface area (Å²) in [6, 6.07) is 10.2. The van der Waals surface area contributed by atoms with Gasteiger partial charge in [0.15, 0.2) is 5.75 Å². The van der Waals surface area contributed by atoms with E-state index in [-0.39, 0.29) is 19.0 Å². The normalized spacial score (nSPS) is 13.3. The van der Waals surface area contributed by atoms with Crippen molar-refractivity contribution in [1.29, 1.82) is 0 Å². The third-order valence-corrected chi connectivity index (χ3v) is 4.33. The summed E-state index contributed by atoms with van der Waals surface area (Å²) < 4.78 is 5.16. The molecule has 1 aliphatic rings. The van der Waals surface area contributed by atoms with Crippen LogP contribution in [-0.4, -0.2) is 25.0 Å². The summed E-state index contributed by atoms with van der Waals surface area (Å²) in [5.41, 5.74) is 2.03. The van der Waals surface area contributed by atoms with E-state index in [2.05, 4.69) is 5.32 Å². The number of carbonyl (C=O) groups is 2. The Labute approximate surface area is 149 Å². The Kier molecular flexibility index (Phi) is 4.64. The molecule has 0 unspecified atom stereocenters. The molecule has 24 heavy (non-hydrogen) atoms. The molecule has 0 atom stereocenters. The van der Waals surface area contributed by atoms with Gasteiger partial charge in [0.2, 0.25) is 5.91 Å². The smallest absolute Gasteiger partial charge is 0.331 e. The lowest BCUT2D eigenvalue weighted by molar-refractivity contribution is -0.133. The van der Waals surface area contributed by atoms with Crippen LogP contribution in [0.5, 0.6) is 5.75 Å². The summed E-state index contributed by atoms with van der Waals surface area (Å²) in [6.45, 7) is 1.80. The highest BCUT2D eigenvalue weighted by Gasteiger charge is 2.26. The summed E-state index contributed by atoms with van der Waals surface area (Å²) in [6.07, 6.45) is 0. The second-order valence-electron chi connectivity index (χ2n) is 5.40. The van der Waals surface area contributed by atoms with E-state index in [4.69, 9.17) is 27.9 Å². The molecule has 1 aliphatic heterocycles. The van der Waals surface area contributed by atoms with Gasteiger partial charge < -0.3 is 15.0 Å². The zero-order valence-corrected chi connectivity index (χ0v) is 14.3. The fraction of sp³-hybridized carbons (Fsp3) is 0.176. The van der Waals surface area contributed by atoms with Gasteiger partial charge in [-0.25, -0.2) is 4.79 Å². The topological polar surface area (TPSA) is 58.6 Å². The molecule has 0 fully saturated rings. The molecule has 1 heterocycles. The lowest BCUT2D eigenvalue weighted by Gasteiger charge is -2.29. The zero-order valence-electron chi connectivity index (χ0n) is 12.8. The van der Waals surface area contributed by atoms with Gasteiger partial charge in [-0.2, -0.15) is 0 Å². The van der Waals surface area contributed by atoms with Gasteiger partial charge in [0.25, 0.3) is 0 Å². The van der Waals surface area contributed by atoms with Gasteiger partial charge in [0, 0.05) is 15.7 Å². The van der Waals surface area contributed by atoms with Crippen molar-refractivity contribution in [3.63, 3.8) is 0 Å². The zero-order chi connectivity index (χ0) is 17.3. The predicted octanol–water partition coefficient (Wildman–Crippen LogP) is 3.67. The van der Waals surface area contributed by atoms with Crippen LogP contribution in [0.25, 0.3) is 0 Å². The van der Waals surface area contributed by atoms with Crippen LogP contribution >= 0.6 is 23.2 Å². The summed E-state index contributed by atoms with van der Waals surface area (Å²) >= 11 is 12.1. The number of carbonyl (C=O) groups excluding carboxylic acids is 2. The summed E-state index contributed by atoms with van der Waals surface area (Å²) in [7, 11) is 0. The first kappa shape index (κ1) is 16.6. The molecule has 0 aliphatic carbocycles. The largest absolute Gasteiger partial charge is 0.423 e. The fourth-order valence-corrected chi connectivity index (χ4v) is 2.81. The van der Waals surface area contributed by atoms with E-state index in [1.165, 1.54) is 0 Å². The van der Waals surface area contributed by atoms with E-state index in [0.29, 0.717) is 27.2 Å². The van der Waals surface area contributed by atoms with E-state index in [1.54, 1.807) is 41.3 Å². The molecular weight excluding hydrogens is 351 g/mol. The minimum absolute atomic E-state index is 0.00556. The molecule has 5 nitrogen and oxygen atoms in total. The standard InChI is InChI=1S/C17H14Cl2N2O3/c1-10-12(19)3-2-4-13(10)20-16(22)8-21-9-17(23)24-15-6-5-11(18)7-14(15)21/h2-7H,8-9H2,1H3,(H,20,22). The quantitative estimate of drug-likeness (QED) is 0.666. The predicted molar refractivity (Wildman–Crippen MR) is 94.1 cm³/mol. The van der Waals surface area contributed by atoms with Crippen molar-refractivity contribution in [2.45, 2.75) is 6.92 Å². The van der Waals surface area contributed by atoms with E-state index in [1.807, 2.05) is 6.92 Å². The van der Waals surface area contributed by atoms with Crippen molar-refractivity contribution in [3.8, 4) is 5.75 Å². The molecule has 1 amide bonds. The van der Waals surface area contributed by atoms with Crippen molar-refractivity contribution in [1.82, 2.24) is 0 Å². The first-order valence-electron chi connectivity index (χ1n) is 7.24. The Balaban J connectivity index is 1.78. The molecule has 0 saturated heterocycles. The number of nitrogens with zero attached hydrogens (tertiary/aromatic N) is 1. The Morgan fingerprint density at radius 1 is 1.29 bits per heavy atom. The lowest BCUT2D eigenvalue weighted by Crippen LogP contribution is -2.41. The number of fused-ring (bicyclic) bond motifs is 1. The number of ether oxygens (including phenoxy) is 1.